The molecule has 3 nitrogen and oxygen atoms in total. The molecule has 5 heteroatoms. The first-order chi connectivity index (χ1) is 8.15. The molecule has 0 amide bonds. The minimum atomic E-state index is -0.837. The second-order valence-corrected chi connectivity index (χ2v) is 6.83. The van der Waals surface area contributed by atoms with Crippen LogP contribution < -0.4 is 5.73 Å². The van der Waals surface area contributed by atoms with Gasteiger partial charge in [0.2, 0.25) is 0 Å². The van der Waals surface area contributed by atoms with Crippen molar-refractivity contribution in [1.29, 1.82) is 0 Å². The van der Waals surface area contributed by atoms with E-state index in [1.807, 2.05) is 19.1 Å². The summed E-state index contributed by atoms with van der Waals surface area (Å²) in [4.78, 5) is 11.1. The summed E-state index contributed by atoms with van der Waals surface area (Å²) >= 11 is 6.94. The average Bonchev–Trinajstić information content (AvgIpc) is 2.22. The normalized spacial score (nSPS) is 13.4. The summed E-state index contributed by atoms with van der Waals surface area (Å²) in [6.45, 7) is 5.37. The fourth-order valence-corrected chi connectivity index (χ4v) is 2.81. The number of carboxylic acids is 1. The molecule has 100 valence electrons. The van der Waals surface area contributed by atoms with Gasteiger partial charge in [-0.2, -0.15) is 0 Å². The van der Waals surface area contributed by atoms with Crippen molar-refractivity contribution in [3.8, 4) is 0 Å². The highest BCUT2D eigenvalue weighted by Gasteiger charge is 2.30. The lowest BCUT2D eigenvalue weighted by Crippen LogP contribution is -2.29. The number of halogens is 2. The number of aliphatic carboxylic acids is 1. The lowest BCUT2D eigenvalue weighted by Gasteiger charge is -2.24. The molecular formula is C13H17Br2NO2. The van der Waals surface area contributed by atoms with Crippen molar-refractivity contribution in [2.24, 2.45) is 11.1 Å². The third-order valence-electron chi connectivity index (χ3n) is 2.99. The van der Waals surface area contributed by atoms with E-state index < -0.39 is 11.4 Å². The molecule has 0 bridgehead atoms. The Morgan fingerprint density at radius 2 is 1.94 bits per heavy atom. The highest BCUT2D eigenvalue weighted by Crippen LogP contribution is 2.34. The summed E-state index contributed by atoms with van der Waals surface area (Å²) in [5.41, 5.74) is 7.31. The third kappa shape index (κ3) is 3.56. The van der Waals surface area contributed by atoms with E-state index in [1.165, 1.54) is 0 Å². The van der Waals surface area contributed by atoms with Crippen LogP contribution in [-0.4, -0.2) is 11.1 Å². The highest BCUT2D eigenvalue weighted by atomic mass is 79.9. The van der Waals surface area contributed by atoms with Crippen molar-refractivity contribution in [3.05, 3.63) is 32.2 Å². The molecule has 0 aliphatic heterocycles. The SMILES string of the molecule is Cc1cc(Br)c(C(N)CC(C)(C)C(=O)O)cc1Br. The van der Waals surface area contributed by atoms with Gasteiger partial charge in [-0.25, -0.2) is 0 Å². The fraction of sp³-hybridized carbons (Fsp3) is 0.462. The number of hydrogen-bond acceptors (Lipinski definition) is 2. The van der Waals surface area contributed by atoms with E-state index in [1.54, 1.807) is 13.8 Å². The highest BCUT2D eigenvalue weighted by molar-refractivity contribution is 9.11. The topological polar surface area (TPSA) is 63.3 Å². The molecule has 0 radical (unpaired) electrons. The largest absolute Gasteiger partial charge is 0.481 e. The Labute approximate surface area is 124 Å². The molecule has 1 aromatic carbocycles. The molecule has 0 saturated heterocycles. The average molecular weight is 379 g/mol. The Balaban J connectivity index is 3.01. The first-order valence-corrected chi connectivity index (χ1v) is 7.18. The summed E-state index contributed by atoms with van der Waals surface area (Å²) in [6, 6.07) is 3.61. The molecule has 0 spiro atoms. The van der Waals surface area contributed by atoms with E-state index in [-0.39, 0.29) is 6.04 Å². The molecule has 1 aromatic rings. The molecule has 1 atom stereocenters. The number of aryl methyl sites for hydroxylation is 1. The molecule has 0 aliphatic carbocycles. The molecule has 0 aliphatic rings. The Bertz CT molecular complexity index is 472. The predicted molar refractivity (Wildman–Crippen MR) is 79.5 cm³/mol. The van der Waals surface area contributed by atoms with Crippen molar-refractivity contribution in [3.63, 3.8) is 0 Å². The van der Waals surface area contributed by atoms with Gasteiger partial charge in [0.25, 0.3) is 0 Å². The second kappa shape index (κ2) is 5.72. The number of benzene rings is 1. The van der Waals surface area contributed by atoms with Crippen LogP contribution in [-0.2, 0) is 4.79 Å². The van der Waals surface area contributed by atoms with Crippen molar-refractivity contribution < 1.29 is 9.90 Å². The lowest BCUT2D eigenvalue weighted by molar-refractivity contribution is -0.147. The van der Waals surface area contributed by atoms with Gasteiger partial charge in [0.15, 0.2) is 0 Å². The maximum absolute atomic E-state index is 11.1. The molecule has 1 rings (SSSR count). The van der Waals surface area contributed by atoms with Crippen molar-refractivity contribution in [2.75, 3.05) is 0 Å². The first kappa shape index (κ1) is 15.7. The fourth-order valence-electron chi connectivity index (χ4n) is 1.69. The summed E-state index contributed by atoms with van der Waals surface area (Å²) in [5, 5.41) is 9.13. The molecule has 3 N–H and O–H groups in total. The van der Waals surface area contributed by atoms with E-state index in [0.29, 0.717) is 6.42 Å². The number of rotatable bonds is 4. The summed E-state index contributed by atoms with van der Waals surface area (Å²) in [6.07, 6.45) is 0.385. The Kier molecular flexibility index (Phi) is 4.98. The van der Waals surface area contributed by atoms with Gasteiger partial charge >= 0.3 is 5.97 Å². The predicted octanol–water partition coefficient (Wildman–Crippen LogP) is 4.02. The van der Waals surface area contributed by atoms with Gasteiger partial charge in [-0.1, -0.05) is 31.9 Å². The van der Waals surface area contributed by atoms with E-state index in [0.717, 1.165) is 20.1 Å². The molecule has 0 heterocycles. The van der Waals surface area contributed by atoms with Crippen LogP contribution in [0.4, 0.5) is 0 Å². The zero-order valence-corrected chi connectivity index (χ0v) is 13.8. The quantitative estimate of drug-likeness (QED) is 0.831. The number of nitrogens with two attached hydrogens (primary N) is 1. The molecule has 1 unspecified atom stereocenters. The van der Waals surface area contributed by atoms with Gasteiger partial charge in [-0.05, 0) is 50.5 Å². The Hall–Kier alpha value is -0.390. The van der Waals surface area contributed by atoms with E-state index in [9.17, 15) is 4.79 Å². The first-order valence-electron chi connectivity index (χ1n) is 5.59. The van der Waals surface area contributed by atoms with Crippen LogP contribution >= 0.6 is 31.9 Å². The van der Waals surface area contributed by atoms with Crippen molar-refractivity contribution >= 4 is 37.8 Å². The lowest BCUT2D eigenvalue weighted by atomic mass is 9.84. The van der Waals surface area contributed by atoms with Crippen LogP contribution in [0.3, 0.4) is 0 Å². The van der Waals surface area contributed by atoms with Crippen LogP contribution in [0.25, 0.3) is 0 Å². The molecule has 0 aromatic heterocycles. The minimum Gasteiger partial charge on any atom is -0.481 e. The zero-order valence-electron chi connectivity index (χ0n) is 10.6. The van der Waals surface area contributed by atoms with Crippen molar-refractivity contribution in [2.45, 2.75) is 33.2 Å². The molecule has 0 fully saturated rings. The minimum absolute atomic E-state index is 0.317. The molecular weight excluding hydrogens is 362 g/mol. The van der Waals surface area contributed by atoms with Crippen LogP contribution in [0.5, 0.6) is 0 Å². The standard InChI is InChI=1S/C13H17Br2NO2/c1-7-4-10(15)8(5-9(7)14)11(16)6-13(2,3)12(17)18/h4-5,11H,6,16H2,1-3H3,(H,17,18). The van der Waals surface area contributed by atoms with Gasteiger partial charge in [-0.15, -0.1) is 0 Å². The maximum atomic E-state index is 11.1. The number of carbonyl (C=O) groups is 1. The van der Waals surface area contributed by atoms with Crippen LogP contribution in [0, 0.1) is 12.3 Å². The van der Waals surface area contributed by atoms with Crippen LogP contribution in [0.15, 0.2) is 21.1 Å². The van der Waals surface area contributed by atoms with Crippen LogP contribution in [0.1, 0.15) is 37.4 Å². The van der Waals surface area contributed by atoms with Gasteiger partial charge in [0.05, 0.1) is 5.41 Å². The number of carboxylic acid groups (broad SMARTS) is 1. The monoisotopic (exact) mass is 377 g/mol. The Morgan fingerprint density at radius 1 is 1.39 bits per heavy atom. The summed E-state index contributed by atoms with van der Waals surface area (Å²) in [7, 11) is 0. The maximum Gasteiger partial charge on any atom is 0.309 e. The third-order valence-corrected chi connectivity index (χ3v) is 4.53. The molecule has 0 saturated carbocycles. The van der Waals surface area contributed by atoms with E-state index >= 15 is 0 Å². The molecule has 18 heavy (non-hydrogen) atoms. The zero-order chi connectivity index (χ0) is 14.1. The van der Waals surface area contributed by atoms with E-state index in [2.05, 4.69) is 31.9 Å². The van der Waals surface area contributed by atoms with Gasteiger partial charge in [0, 0.05) is 15.0 Å². The Morgan fingerprint density at radius 3 is 2.44 bits per heavy atom. The number of hydrogen-bond donors (Lipinski definition) is 2. The van der Waals surface area contributed by atoms with Gasteiger partial charge in [0.1, 0.15) is 0 Å². The van der Waals surface area contributed by atoms with Crippen molar-refractivity contribution in [1.82, 2.24) is 0 Å². The second-order valence-electron chi connectivity index (χ2n) is 5.12. The van der Waals surface area contributed by atoms with Gasteiger partial charge < -0.3 is 10.8 Å². The van der Waals surface area contributed by atoms with Gasteiger partial charge in [-0.3, -0.25) is 4.79 Å². The summed E-state index contributed by atoms with van der Waals surface area (Å²) < 4.78 is 1.89. The summed E-state index contributed by atoms with van der Waals surface area (Å²) in [5.74, 6) is -0.833. The van der Waals surface area contributed by atoms with Crippen LogP contribution in [0.2, 0.25) is 0 Å². The van der Waals surface area contributed by atoms with E-state index in [4.69, 9.17) is 10.8 Å². The smallest absolute Gasteiger partial charge is 0.309 e.